The van der Waals surface area contributed by atoms with E-state index < -0.39 is 84.0 Å². The van der Waals surface area contributed by atoms with Crippen LogP contribution in [0.1, 0.15) is 185 Å². The van der Waals surface area contributed by atoms with Gasteiger partial charge in [-0.3, -0.25) is 52.8 Å². The number of amides is 11. The third-order valence-corrected chi connectivity index (χ3v) is 27.0. The van der Waals surface area contributed by atoms with Crippen LogP contribution in [0.3, 0.4) is 0 Å². The first kappa shape index (κ1) is 112. The minimum absolute atomic E-state index is 0.00210. The van der Waals surface area contributed by atoms with Gasteiger partial charge in [-0.15, -0.1) is 11.3 Å². The summed E-state index contributed by atoms with van der Waals surface area (Å²) in [5.74, 6) is -5.03. The van der Waals surface area contributed by atoms with Crippen LogP contribution in [-0.2, 0) is 102 Å². The number of carbonyl (C=O) groups is 12. The number of ether oxygens (including phenoxy) is 6. The molecular formula is C104H148N14O19S. The van der Waals surface area contributed by atoms with Crippen LogP contribution in [0, 0.1) is 29.6 Å². The Labute approximate surface area is 817 Å². The molecule has 7 aromatic rings. The molecule has 2 saturated heterocycles. The van der Waals surface area contributed by atoms with Gasteiger partial charge in [0, 0.05) is 134 Å². The highest BCUT2D eigenvalue weighted by Gasteiger charge is 2.45. The Morgan fingerprint density at radius 1 is 0.616 bits per heavy atom. The topological polar surface area (TPSA) is 399 Å². The van der Waals surface area contributed by atoms with E-state index in [1.165, 1.54) is 52.6 Å². The van der Waals surface area contributed by atoms with Gasteiger partial charge in [0.25, 0.3) is 0 Å². The molecule has 8 N–H and O–H groups in total. The Morgan fingerprint density at radius 3 is 1.84 bits per heavy atom. The zero-order valence-corrected chi connectivity index (χ0v) is 84.5. The lowest BCUT2D eigenvalue weighted by Gasteiger charge is -2.41. The summed E-state index contributed by atoms with van der Waals surface area (Å²) in [4.78, 5) is 170. The number of hydrogen-bond acceptors (Lipinski definition) is 21. The fourth-order valence-electron chi connectivity index (χ4n) is 18.3. The molecule has 1 aliphatic carbocycles. The number of anilines is 1. The highest BCUT2D eigenvalue weighted by molar-refractivity contribution is 7.09. The molecular weight excluding hydrogens is 1780 g/mol. The van der Waals surface area contributed by atoms with E-state index in [9.17, 15) is 57.5 Å². The standard InChI is InChI=1S/C45H65N7O9.C43H68N6O8S.C16H15NO2/c1-6-33-11-13-35(14-12-33)48-44(58)32(4)47-45(59)43(31(2)3)49-39(53)15-16-41(55)52(24-26-61-28-27-60-25-20-42(56)57)36-17-21-50(22-18-36)40(54)19-23-51-37(30-46-5)29-34-9-7-8-10-38(34)51;1-13-28(6)37(47(8)42(53)35(26(2)3)46-40(52)36(27(4)5)48(9)43(54)57-12)33(55-10)25-34(50)49-22-17-20-32(49)38(56-11)29(7)39(51)45-31(41-44-21-23-58-41)24-30-18-15-14-16-19-30;1-17-16(18)19-10-15-13-8-4-2-6-11(13)12-7-3-5-9-14(12)15/h7-14,29,31-32,36,43,46H,6,15-28,30H2,1-5H3,(H,47,59)(H,48,58)(H,49,53)(H,56,57);14-16,18-19,21,23,26-29,31-33,35-38H,13,17,20,22,24-25H2,1-12H3,(H,45,51)(H,46,52);2-9,15H,10H2,1H3,(H,17,18)/t32-,43-;28-,29+,31-,32-,33+,35-,36-,37-,38+;/m00./s1. The summed E-state index contributed by atoms with van der Waals surface area (Å²) in [6.45, 7) is 24.4. The van der Waals surface area contributed by atoms with E-state index in [1.54, 1.807) is 77.2 Å². The molecule has 33 nitrogen and oxygen atoms in total. The highest BCUT2D eigenvalue weighted by atomic mass is 32.1. The van der Waals surface area contributed by atoms with Gasteiger partial charge in [0.15, 0.2) is 0 Å². The molecule has 0 spiro atoms. The first-order valence-electron chi connectivity index (χ1n) is 48.3. The van der Waals surface area contributed by atoms with Gasteiger partial charge < -0.3 is 94.9 Å². The maximum absolute atomic E-state index is 14.4. The average Bonchev–Trinajstić information content (AvgIpc) is 1.66. The van der Waals surface area contributed by atoms with E-state index in [0.717, 1.165) is 45.6 Å². The number of para-hydroxylation sites is 1. The van der Waals surface area contributed by atoms with Gasteiger partial charge in [0.05, 0.1) is 82.6 Å². The maximum atomic E-state index is 14.4. The smallest absolute Gasteiger partial charge is 0.409 e. The van der Waals surface area contributed by atoms with Crippen LogP contribution in [-0.4, -0.2) is 274 Å². The van der Waals surface area contributed by atoms with Crippen LogP contribution in [0.15, 0.2) is 145 Å². The Kier molecular flexibility index (Phi) is 45.6. The summed E-state index contributed by atoms with van der Waals surface area (Å²) >= 11 is 1.49. The molecule has 0 radical (unpaired) electrons. The number of nitrogens with zero attached hydrogens (tertiary/aromatic N) is 7. The van der Waals surface area contributed by atoms with E-state index in [-0.39, 0.29) is 142 Å². The highest BCUT2D eigenvalue weighted by Crippen LogP contribution is 2.45. The van der Waals surface area contributed by atoms with Crippen LogP contribution in [0.2, 0.25) is 0 Å². The number of aromatic nitrogens is 2. The van der Waals surface area contributed by atoms with Gasteiger partial charge in [-0.1, -0.05) is 185 Å². The van der Waals surface area contributed by atoms with Gasteiger partial charge in [0.2, 0.25) is 53.2 Å². The number of carboxylic acids is 1. The largest absolute Gasteiger partial charge is 0.481 e. The van der Waals surface area contributed by atoms with Crippen molar-refractivity contribution in [3.05, 3.63) is 178 Å². The monoisotopic (exact) mass is 1930 g/mol. The Bertz CT molecular complexity index is 5020. The molecule has 5 aromatic carbocycles. The maximum Gasteiger partial charge on any atom is 0.409 e. The van der Waals surface area contributed by atoms with Gasteiger partial charge in [-0.25, -0.2) is 14.6 Å². The molecule has 34 heteroatoms. The molecule has 2 aliphatic heterocycles. The number of likely N-dealkylation sites (tertiary alicyclic amines) is 2. The lowest BCUT2D eigenvalue weighted by atomic mass is 9.89. The predicted molar refractivity (Wildman–Crippen MR) is 532 cm³/mol. The van der Waals surface area contributed by atoms with E-state index in [1.807, 2.05) is 156 Å². The number of nitrogens with one attached hydrogen (secondary N) is 7. The van der Waals surface area contributed by atoms with Crippen LogP contribution < -0.4 is 37.2 Å². The minimum Gasteiger partial charge on any atom is -0.481 e. The first-order valence-corrected chi connectivity index (χ1v) is 49.2. The number of carboxylic acid groups (broad SMARTS) is 1. The number of benzene rings is 5. The number of fused-ring (bicyclic) bond motifs is 4. The minimum atomic E-state index is -0.948. The van der Waals surface area contributed by atoms with E-state index >= 15 is 0 Å². The Balaban J connectivity index is 0.000000283. The number of hydrogen-bond donors (Lipinski definition) is 8. The van der Waals surface area contributed by atoms with Crippen molar-refractivity contribution in [2.24, 2.45) is 29.6 Å². The van der Waals surface area contributed by atoms with Gasteiger partial charge in [-0.2, -0.15) is 0 Å². The van der Waals surface area contributed by atoms with Crippen molar-refractivity contribution in [2.75, 3.05) is 114 Å². The third-order valence-electron chi connectivity index (χ3n) is 26.1. The van der Waals surface area contributed by atoms with Crippen molar-refractivity contribution >= 4 is 99.2 Å². The number of likely N-dealkylation sites (N-methyl/N-ethyl adjacent to an activating group) is 2. The van der Waals surface area contributed by atoms with Crippen molar-refractivity contribution in [1.29, 1.82) is 0 Å². The van der Waals surface area contributed by atoms with Crippen molar-refractivity contribution in [2.45, 2.75) is 233 Å². The van der Waals surface area contributed by atoms with Crippen molar-refractivity contribution in [3.8, 4) is 11.1 Å². The zero-order valence-electron chi connectivity index (χ0n) is 83.7. The van der Waals surface area contributed by atoms with Crippen LogP contribution >= 0.6 is 11.3 Å². The molecule has 138 heavy (non-hydrogen) atoms. The number of thiazole rings is 1. The molecule has 754 valence electrons. The second-order valence-electron chi connectivity index (χ2n) is 36.5. The number of aryl methyl sites for hydroxylation is 2. The molecule has 3 aliphatic rings. The number of piperidine rings is 1. The molecule has 0 saturated carbocycles. The van der Waals surface area contributed by atoms with E-state index in [2.05, 4.69) is 89.2 Å². The summed E-state index contributed by atoms with van der Waals surface area (Å²) in [6.07, 6.45) is 4.12. The number of rotatable bonds is 48. The normalized spacial score (nSPS) is 15.7. The number of carbonyl (C=O) groups excluding carboxylic acids is 11. The van der Waals surface area contributed by atoms with Gasteiger partial charge in [0.1, 0.15) is 35.8 Å². The number of alkyl carbamates (subject to hydrolysis) is 1. The molecule has 11 amide bonds. The van der Waals surface area contributed by atoms with Crippen LogP contribution in [0.4, 0.5) is 15.3 Å². The molecule has 4 heterocycles. The summed E-state index contributed by atoms with van der Waals surface area (Å²) in [7, 11) is 11.0. The Morgan fingerprint density at radius 2 is 1.25 bits per heavy atom. The molecule has 11 atom stereocenters. The third kappa shape index (κ3) is 31.9. The van der Waals surface area contributed by atoms with Crippen LogP contribution in [0.25, 0.3) is 22.0 Å². The fourth-order valence-corrected chi connectivity index (χ4v) is 19.0. The van der Waals surface area contributed by atoms with Crippen molar-refractivity contribution in [1.82, 2.24) is 66.0 Å². The molecule has 2 aromatic heterocycles. The van der Waals surface area contributed by atoms with Gasteiger partial charge >= 0.3 is 18.2 Å². The Hall–Kier alpha value is -11.7. The van der Waals surface area contributed by atoms with Crippen molar-refractivity contribution < 1.29 is 91.1 Å². The SMILES string of the molecule is CC[C@H](C)[C@@H]([C@@H](CC(=O)N1CCC[C@H]1[C@H](OC)[C@@H](C)C(=O)N[C@@H](Cc1ccccc1)c1nccs1)OC)N(C)C(=O)[C@@H](NC(=O)[C@H](C(C)C)N(C)C(=O)OC)C(C)C.CCc1ccc(NC(=O)[C@H](C)NC(=O)[C@@H](NC(=O)CCC(=O)N(CCOCCOCCC(=O)O)C2CCN(C(=O)CCn3c(CNC)cc4ccccc43)CC2)C(C)C)cc1.CNC(=O)OCC1c2ccccc2-c2ccccc21. The average molecular weight is 1930 g/mol. The molecule has 10 rings (SSSR count). The summed E-state index contributed by atoms with van der Waals surface area (Å²) in [5.41, 5.74) is 9.96. The molecule has 2 fully saturated rings. The summed E-state index contributed by atoms with van der Waals surface area (Å²) < 4.78 is 35.4. The van der Waals surface area contributed by atoms with E-state index in [0.29, 0.717) is 83.5 Å². The lowest BCUT2D eigenvalue weighted by Crippen LogP contribution is -2.60. The number of aliphatic carboxylic acids is 1. The van der Waals surface area contributed by atoms with Crippen LogP contribution in [0.5, 0.6) is 0 Å². The van der Waals surface area contributed by atoms with E-state index in [4.69, 9.17) is 33.5 Å². The quantitative estimate of drug-likeness (QED) is 0.0164. The number of methoxy groups -OCH3 is 3. The summed E-state index contributed by atoms with van der Waals surface area (Å²) in [6, 6.07) is 39.3. The molecule has 0 bridgehead atoms. The zero-order chi connectivity index (χ0) is 101. The molecule has 0 unspecified atom stereocenters. The van der Waals surface area contributed by atoms with Crippen molar-refractivity contribution in [3.63, 3.8) is 0 Å². The fraction of sp³-hybridized carbons (Fsp3) is 0.548. The predicted octanol–water partition coefficient (Wildman–Crippen LogP) is 12.2. The summed E-state index contributed by atoms with van der Waals surface area (Å²) in [5, 5.41) is 32.7. The lowest BCUT2D eigenvalue weighted by molar-refractivity contribution is -0.148. The second kappa shape index (κ2) is 56.4. The second-order valence-corrected chi connectivity index (χ2v) is 37.5. The van der Waals surface area contributed by atoms with Gasteiger partial charge in [-0.05, 0) is 139 Å². The first-order chi connectivity index (χ1) is 66.1.